The Morgan fingerprint density at radius 3 is 2.43 bits per heavy atom. The second kappa shape index (κ2) is 8.25. The van der Waals surface area contributed by atoms with Gasteiger partial charge < -0.3 is 9.64 Å². The van der Waals surface area contributed by atoms with Crippen LogP contribution in [-0.2, 0) is 9.53 Å². The first-order valence-electron chi connectivity index (χ1n) is 9.88. The number of amides is 3. The number of carbonyl (C=O) groups is 3. The molecule has 160 valence electrons. The molecule has 1 aliphatic rings. The van der Waals surface area contributed by atoms with Gasteiger partial charge in [-0.15, -0.1) is 0 Å². The van der Waals surface area contributed by atoms with Crippen LogP contribution in [0.15, 0.2) is 30.6 Å². The van der Waals surface area contributed by atoms with Gasteiger partial charge in [0.25, 0.3) is 5.91 Å². The van der Waals surface area contributed by atoms with Gasteiger partial charge in [0.2, 0.25) is 5.91 Å². The maximum atomic E-state index is 13.5. The van der Waals surface area contributed by atoms with Gasteiger partial charge in [-0.1, -0.05) is 11.6 Å². The summed E-state index contributed by atoms with van der Waals surface area (Å²) in [4.78, 5) is 42.6. The molecule has 9 heteroatoms. The summed E-state index contributed by atoms with van der Waals surface area (Å²) in [6.07, 6.45) is 2.43. The summed E-state index contributed by atoms with van der Waals surface area (Å²) >= 11 is 0. The minimum atomic E-state index is -0.710. The molecule has 30 heavy (non-hydrogen) atoms. The molecule has 0 aliphatic carbocycles. The molecule has 0 unspecified atom stereocenters. The lowest BCUT2D eigenvalue weighted by molar-refractivity contribution is -0.129. The van der Waals surface area contributed by atoms with Gasteiger partial charge in [-0.2, -0.15) is 15.0 Å². The zero-order chi connectivity index (χ0) is 22.1. The number of rotatable bonds is 2. The molecule has 0 saturated carbocycles. The van der Waals surface area contributed by atoms with Crippen molar-refractivity contribution in [1.29, 1.82) is 0 Å². The number of aromatic nitrogens is 3. The Morgan fingerprint density at radius 2 is 1.80 bits per heavy atom. The van der Waals surface area contributed by atoms with E-state index in [9.17, 15) is 14.4 Å². The molecule has 1 aliphatic heterocycles. The summed E-state index contributed by atoms with van der Waals surface area (Å²) < 4.78 is 5.35. The Labute approximate surface area is 175 Å². The van der Waals surface area contributed by atoms with Crippen molar-refractivity contribution in [3.63, 3.8) is 0 Å². The maximum absolute atomic E-state index is 13.5. The average molecular weight is 413 g/mol. The molecule has 1 atom stereocenters. The van der Waals surface area contributed by atoms with E-state index < -0.39 is 11.7 Å². The van der Waals surface area contributed by atoms with E-state index in [4.69, 9.17) is 4.74 Å². The predicted molar refractivity (Wildman–Crippen MR) is 109 cm³/mol. The summed E-state index contributed by atoms with van der Waals surface area (Å²) in [6.45, 7) is 9.22. The van der Waals surface area contributed by atoms with Gasteiger partial charge in [0.15, 0.2) is 0 Å². The van der Waals surface area contributed by atoms with Crippen LogP contribution in [0.3, 0.4) is 0 Å². The van der Waals surface area contributed by atoms with Crippen LogP contribution in [0, 0.1) is 6.92 Å². The zero-order valence-corrected chi connectivity index (χ0v) is 18.0. The molecule has 1 aromatic carbocycles. The first-order chi connectivity index (χ1) is 14.1. The van der Waals surface area contributed by atoms with E-state index in [1.54, 1.807) is 57.1 Å². The van der Waals surface area contributed by atoms with Gasteiger partial charge in [-0.05, 0) is 46.8 Å². The minimum absolute atomic E-state index is 0.0339. The van der Waals surface area contributed by atoms with Crippen molar-refractivity contribution in [1.82, 2.24) is 24.8 Å². The molecule has 1 saturated heterocycles. The van der Waals surface area contributed by atoms with Gasteiger partial charge in [0, 0.05) is 25.6 Å². The van der Waals surface area contributed by atoms with Gasteiger partial charge in [-0.3, -0.25) is 9.59 Å². The van der Waals surface area contributed by atoms with Crippen molar-refractivity contribution in [2.75, 3.05) is 13.1 Å². The lowest BCUT2D eigenvalue weighted by Crippen LogP contribution is -2.42. The Balaban J connectivity index is 1.87. The Hall–Kier alpha value is -3.23. The predicted octanol–water partition coefficient (Wildman–Crippen LogP) is 2.57. The maximum Gasteiger partial charge on any atom is 0.417 e. The highest BCUT2D eigenvalue weighted by Crippen LogP contribution is 2.22. The van der Waals surface area contributed by atoms with Crippen LogP contribution < -0.4 is 0 Å². The Kier molecular flexibility index (Phi) is 5.91. The van der Waals surface area contributed by atoms with E-state index in [2.05, 4.69) is 10.2 Å². The quantitative estimate of drug-likeness (QED) is 0.751. The first kappa shape index (κ1) is 21.5. The normalized spacial score (nSPS) is 17.6. The zero-order valence-electron chi connectivity index (χ0n) is 18.0. The molecule has 2 aromatic rings. The van der Waals surface area contributed by atoms with Crippen molar-refractivity contribution < 1.29 is 19.1 Å². The molecule has 9 nitrogen and oxygen atoms in total. The number of imide groups is 1. The monoisotopic (exact) mass is 413 g/mol. The molecule has 0 bridgehead atoms. The largest absolute Gasteiger partial charge is 0.443 e. The molecule has 1 aromatic heterocycles. The van der Waals surface area contributed by atoms with Crippen molar-refractivity contribution in [3.8, 4) is 5.69 Å². The fraction of sp³-hybridized carbons (Fsp3) is 0.476. The summed E-state index contributed by atoms with van der Waals surface area (Å²) in [6, 6.07) is 5.08. The summed E-state index contributed by atoms with van der Waals surface area (Å²) in [7, 11) is 0. The van der Waals surface area contributed by atoms with E-state index in [-0.39, 0.29) is 37.4 Å². The molecule has 3 rings (SSSR count). The van der Waals surface area contributed by atoms with Crippen molar-refractivity contribution in [2.24, 2.45) is 0 Å². The third-order valence-corrected chi connectivity index (χ3v) is 4.76. The van der Waals surface area contributed by atoms with Crippen LogP contribution in [0.25, 0.3) is 5.69 Å². The lowest BCUT2D eigenvalue weighted by atomic mass is 10.1. The fourth-order valence-electron chi connectivity index (χ4n) is 3.33. The van der Waals surface area contributed by atoms with Crippen molar-refractivity contribution in [3.05, 3.63) is 41.7 Å². The van der Waals surface area contributed by atoms with E-state index in [0.29, 0.717) is 11.3 Å². The number of aryl methyl sites for hydroxylation is 1. The second-order valence-electron chi connectivity index (χ2n) is 8.42. The van der Waals surface area contributed by atoms with Crippen LogP contribution in [0.5, 0.6) is 0 Å². The molecule has 0 radical (unpaired) electrons. The number of benzene rings is 1. The SMILES string of the molecule is Cc1ccc(-n2nccn2)c(C(=O)N2CCN(C(=O)OC(C)(C)C)C(=O)C[C@H]2C)c1. The summed E-state index contributed by atoms with van der Waals surface area (Å²) in [5.41, 5.74) is 1.21. The third kappa shape index (κ3) is 4.67. The highest BCUT2D eigenvalue weighted by molar-refractivity contribution is 5.99. The highest BCUT2D eigenvalue weighted by Gasteiger charge is 2.35. The standard InChI is InChI=1S/C21H27N5O4/c1-14-6-7-17(26-22-8-9-23-26)16(12-14)19(28)24-10-11-25(18(27)13-15(24)2)20(29)30-21(3,4)5/h6-9,12,15H,10-11,13H2,1-5H3/t15-/m1/s1. The van der Waals surface area contributed by atoms with Gasteiger partial charge in [-0.25, -0.2) is 9.69 Å². The van der Waals surface area contributed by atoms with E-state index in [1.165, 1.54) is 4.80 Å². The average Bonchev–Trinajstić information content (AvgIpc) is 3.12. The molecule has 1 fully saturated rings. The summed E-state index contributed by atoms with van der Waals surface area (Å²) in [5.74, 6) is -0.595. The van der Waals surface area contributed by atoms with Crippen LogP contribution in [0.2, 0.25) is 0 Å². The topological polar surface area (TPSA) is 97.6 Å². The molecular formula is C21H27N5O4. The lowest BCUT2D eigenvalue weighted by Gasteiger charge is -2.27. The highest BCUT2D eigenvalue weighted by atomic mass is 16.6. The molecule has 0 spiro atoms. The van der Waals surface area contributed by atoms with E-state index >= 15 is 0 Å². The van der Waals surface area contributed by atoms with Crippen LogP contribution in [0.1, 0.15) is 50.0 Å². The third-order valence-electron chi connectivity index (χ3n) is 4.76. The van der Waals surface area contributed by atoms with Crippen LogP contribution in [0.4, 0.5) is 4.79 Å². The Bertz CT molecular complexity index is 949. The first-order valence-corrected chi connectivity index (χ1v) is 9.88. The molecular weight excluding hydrogens is 386 g/mol. The minimum Gasteiger partial charge on any atom is -0.443 e. The number of carbonyl (C=O) groups excluding carboxylic acids is 3. The molecule has 2 heterocycles. The smallest absolute Gasteiger partial charge is 0.417 e. The van der Waals surface area contributed by atoms with Crippen LogP contribution in [-0.4, -0.2) is 67.4 Å². The molecule has 3 amide bonds. The number of hydrogen-bond donors (Lipinski definition) is 0. The number of ether oxygens (including phenoxy) is 1. The van der Waals surface area contributed by atoms with E-state index in [1.807, 2.05) is 13.0 Å². The summed E-state index contributed by atoms with van der Waals surface area (Å²) in [5, 5.41) is 8.27. The van der Waals surface area contributed by atoms with Crippen LogP contribution >= 0.6 is 0 Å². The molecule has 0 N–H and O–H groups in total. The Morgan fingerprint density at radius 1 is 1.13 bits per heavy atom. The van der Waals surface area contributed by atoms with Gasteiger partial charge in [0.05, 0.1) is 23.6 Å². The van der Waals surface area contributed by atoms with Gasteiger partial charge in [0.1, 0.15) is 5.60 Å². The van der Waals surface area contributed by atoms with Crippen molar-refractivity contribution in [2.45, 2.75) is 52.7 Å². The fourth-order valence-corrected chi connectivity index (χ4v) is 3.33. The number of nitrogens with zero attached hydrogens (tertiary/aromatic N) is 5. The van der Waals surface area contributed by atoms with Crippen molar-refractivity contribution >= 4 is 17.9 Å². The van der Waals surface area contributed by atoms with E-state index in [0.717, 1.165) is 10.5 Å². The number of hydrogen-bond acceptors (Lipinski definition) is 6. The van der Waals surface area contributed by atoms with Gasteiger partial charge >= 0.3 is 6.09 Å². The second-order valence-corrected chi connectivity index (χ2v) is 8.42.